The molecule has 2 aromatic carbocycles. The highest BCUT2D eigenvalue weighted by atomic mass is 127. The summed E-state index contributed by atoms with van der Waals surface area (Å²) in [6.45, 7) is 0. The Balaban J connectivity index is 2.18. The number of nitriles is 1. The van der Waals surface area contributed by atoms with Crippen LogP contribution < -0.4 is 10.6 Å². The SMILES string of the molecule is N#Cc1c(NC(=O)NCI)oc(-c2ccccc2)c1-c1ccccc1. The van der Waals surface area contributed by atoms with E-state index in [0.717, 1.165) is 11.1 Å². The van der Waals surface area contributed by atoms with Crippen molar-refractivity contribution in [3.63, 3.8) is 0 Å². The molecule has 0 radical (unpaired) electrons. The molecule has 2 N–H and O–H groups in total. The Labute approximate surface area is 158 Å². The Morgan fingerprint density at radius 3 is 2.20 bits per heavy atom. The highest BCUT2D eigenvalue weighted by molar-refractivity contribution is 14.1. The molecule has 3 rings (SSSR count). The molecule has 1 heterocycles. The maximum atomic E-state index is 11.9. The van der Waals surface area contributed by atoms with Crippen LogP contribution in [0.4, 0.5) is 10.7 Å². The van der Waals surface area contributed by atoms with Gasteiger partial charge in [-0.25, -0.2) is 4.79 Å². The minimum Gasteiger partial charge on any atom is -0.438 e. The fourth-order valence-electron chi connectivity index (χ4n) is 2.51. The lowest BCUT2D eigenvalue weighted by Crippen LogP contribution is -2.27. The van der Waals surface area contributed by atoms with Crippen molar-refractivity contribution in [1.29, 1.82) is 5.26 Å². The average molecular weight is 443 g/mol. The molecule has 5 nitrogen and oxygen atoms in total. The van der Waals surface area contributed by atoms with Crippen LogP contribution in [-0.2, 0) is 0 Å². The zero-order chi connectivity index (χ0) is 17.6. The zero-order valence-electron chi connectivity index (χ0n) is 13.1. The van der Waals surface area contributed by atoms with Crippen molar-refractivity contribution < 1.29 is 9.21 Å². The van der Waals surface area contributed by atoms with Crippen molar-refractivity contribution in [3.05, 3.63) is 66.2 Å². The monoisotopic (exact) mass is 443 g/mol. The van der Waals surface area contributed by atoms with Crippen LogP contribution in [0.15, 0.2) is 65.1 Å². The predicted molar refractivity (Wildman–Crippen MR) is 105 cm³/mol. The third-order valence-electron chi connectivity index (χ3n) is 3.57. The van der Waals surface area contributed by atoms with Gasteiger partial charge in [0.05, 0.1) is 4.55 Å². The molecule has 3 aromatic rings. The number of carbonyl (C=O) groups is 1. The van der Waals surface area contributed by atoms with E-state index in [9.17, 15) is 10.1 Å². The zero-order valence-corrected chi connectivity index (χ0v) is 15.3. The number of hydrogen-bond acceptors (Lipinski definition) is 3. The van der Waals surface area contributed by atoms with E-state index in [4.69, 9.17) is 4.42 Å². The second-order valence-corrected chi connectivity index (χ2v) is 5.88. The first-order chi connectivity index (χ1) is 12.2. The topological polar surface area (TPSA) is 78.1 Å². The van der Waals surface area contributed by atoms with Crippen LogP contribution >= 0.6 is 22.6 Å². The molecule has 0 aliphatic heterocycles. The summed E-state index contributed by atoms with van der Waals surface area (Å²) in [5.41, 5.74) is 2.65. The van der Waals surface area contributed by atoms with Gasteiger partial charge < -0.3 is 9.73 Å². The van der Waals surface area contributed by atoms with Gasteiger partial charge in [-0.05, 0) is 5.56 Å². The first-order valence-electron chi connectivity index (χ1n) is 7.53. The number of nitrogens with zero attached hydrogens (tertiary/aromatic N) is 1. The molecule has 0 spiro atoms. The number of carbonyl (C=O) groups excluding carboxylic acids is 1. The van der Waals surface area contributed by atoms with Crippen molar-refractivity contribution in [2.24, 2.45) is 0 Å². The van der Waals surface area contributed by atoms with Gasteiger partial charge in [0.15, 0.2) is 0 Å². The van der Waals surface area contributed by atoms with Crippen molar-refractivity contribution in [2.45, 2.75) is 0 Å². The normalized spacial score (nSPS) is 10.1. The lowest BCUT2D eigenvalue weighted by Gasteiger charge is -2.03. The number of urea groups is 1. The molecular formula is C19H14IN3O2. The molecule has 6 heteroatoms. The van der Waals surface area contributed by atoms with Crippen LogP contribution in [0.2, 0.25) is 0 Å². The van der Waals surface area contributed by atoms with E-state index >= 15 is 0 Å². The van der Waals surface area contributed by atoms with E-state index in [1.165, 1.54) is 0 Å². The number of rotatable bonds is 4. The van der Waals surface area contributed by atoms with Gasteiger partial charge in [-0.2, -0.15) is 5.26 Å². The molecule has 2 amide bonds. The Bertz CT molecular complexity index is 915. The summed E-state index contributed by atoms with van der Waals surface area (Å²) in [6.07, 6.45) is 0. The van der Waals surface area contributed by atoms with E-state index in [-0.39, 0.29) is 5.88 Å². The highest BCUT2D eigenvalue weighted by Gasteiger charge is 2.23. The molecule has 0 saturated heterocycles. The van der Waals surface area contributed by atoms with Gasteiger partial charge in [0.1, 0.15) is 17.4 Å². The fraction of sp³-hybridized carbons (Fsp3) is 0.0526. The van der Waals surface area contributed by atoms with Crippen molar-refractivity contribution >= 4 is 34.5 Å². The smallest absolute Gasteiger partial charge is 0.322 e. The molecule has 0 fully saturated rings. The van der Waals surface area contributed by atoms with Crippen molar-refractivity contribution in [1.82, 2.24) is 5.32 Å². The Morgan fingerprint density at radius 2 is 1.64 bits per heavy atom. The van der Waals surface area contributed by atoms with Gasteiger partial charge in [0, 0.05) is 11.1 Å². The fourth-order valence-corrected chi connectivity index (χ4v) is 2.85. The number of furan rings is 1. The van der Waals surface area contributed by atoms with Crippen LogP contribution in [0.3, 0.4) is 0 Å². The summed E-state index contributed by atoms with van der Waals surface area (Å²) < 4.78 is 6.35. The van der Waals surface area contributed by atoms with Gasteiger partial charge in [-0.15, -0.1) is 0 Å². The summed E-state index contributed by atoms with van der Waals surface area (Å²) in [5, 5.41) is 14.9. The molecule has 124 valence electrons. The van der Waals surface area contributed by atoms with Crippen LogP contribution in [0.1, 0.15) is 5.56 Å². The first-order valence-corrected chi connectivity index (χ1v) is 9.05. The summed E-state index contributed by atoms with van der Waals surface area (Å²) in [5.74, 6) is 0.690. The standard InChI is InChI=1S/C19H14IN3O2/c20-12-22-19(24)23-18-15(11-21)16(13-7-3-1-4-8-13)17(25-18)14-9-5-2-6-10-14/h1-10H,12H2,(H2,22,23,24). The molecule has 1 aromatic heterocycles. The Morgan fingerprint density at radius 1 is 1.04 bits per heavy atom. The molecule has 0 aliphatic carbocycles. The third-order valence-corrected chi connectivity index (χ3v) is 3.95. The third kappa shape index (κ3) is 3.67. The summed E-state index contributed by atoms with van der Waals surface area (Å²) in [4.78, 5) is 11.9. The summed E-state index contributed by atoms with van der Waals surface area (Å²) in [6, 6.07) is 20.8. The molecule has 0 unspecified atom stereocenters. The number of nitrogens with one attached hydrogen (secondary N) is 2. The van der Waals surface area contributed by atoms with Gasteiger partial charge in [0.2, 0.25) is 5.88 Å². The van der Waals surface area contributed by atoms with Gasteiger partial charge in [-0.3, -0.25) is 5.32 Å². The van der Waals surface area contributed by atoms with Crippen LogP contribution in [0, 0.1) is 11.3 Å². The van der Waals surface area contributed by atoms with Gasteiger partial charge in [-0.1, -0.05) is 83.3 Å². The number of amides is 2. The predicted octanol–water partition coefficient (Wildman–Crippen LogP) is 5.00. The largest absolute Gasteiger partial charge is 0.438 e. The molecule has 0 bridgehead atoms. The van der Waals surface area contributed by atoms with Crippen LogP contribution in [0.5, 0.6) is 0 Å². The summed E-state index contributed by atoms with van der Waals surface area (Å²) >= 11 is 2.03. The van der Waals surface area contributed by atoms with Crippen LogP contribution in [0.25, 0.3) is 22.5 Å². The number of benzene rings is 2. The minimum atomic E-state index is -0.418. The second-order valence-electron chi connectivity index (χ2n) is 5.12. The van der Waals surface area contributed by atoms with E-state index in [0.29, 0.717) is 21.4 Å². The van der Waals surface area contributed by atoms with E-state index < -0.39 is 6.03 Å². The van der Waals surface area contributed by atoms with E-state index in [1.807, 2.05) is 83.3 Å². The molecular weight excluding hydrogens is 429 g/mol. The Kier molecular flexibility index (Phi) is 5.36. The van der Waals surface area contributed by atoms with E-state index in [2.05, 4.69) is 16.7 Å². The maximum Gasteiger partial charge on any atom is 0.322 e. The van der Waals surface area contributed by atoms with Crippen molar-refractivity contribution in [2.75, 3.05) is 9.87 Å². The average Bonchev–Trinajstić information content (AvgIpc) is 3.01. The second kappa shape index (κ2) is 7.85. The van der Waals surface area contributed by atoms with Gasteiger partial charge in [0.25, 0.3) is 0 Å². The minimum absolute atomic E-state index is 0.141. The number of hydrogen-bond donors (Lipinski definition) is 2. The first kappa shape index (κ1) is 17.0. The highest BCUT2D eigenvalue weighted by Crippen LogP contribution is 2.41. The van der Waals surface area contributed by atoms with Crippen LogP contribution in [-0.4, -0.2) is 10.6 Å². The number of anilines is 1. The lowest BCUT2D eigenvalue weighted by atomic mass is 9.98. The molecule has 0 saturated carbocycles. The van der Waals surface area contributed by atoms with Crippen molar-refractivity contribution in [3.8, 4) is 28.5 Å². The number of alkyl halides is 1. The van der Waals surface area contributed by atoms with E-state index in [1.54, 1.807) is 0 Å². The maximum absolute atomic E-state index is 11.9. The quantitative estimate of drug-likeness (QED) is 0.339. The number of halogens is 1. The van der Waals surface area contributed by atoms with Gasteiger partial charge >= 0.3 is 6.03 Å². The Hall–Kier alpha value is -2.79. The lowest BCUT2D eigenvalue weighted by molar-refractivity contribution is 0.253. The molecule has 0 aliphatic rings. The molecule has 25 heavy (non-hydrogen) atoms. The summed E-state index contributed by atoms with van der Waals surface area (Å²) in [7, 11) is 0. The molecule has 0 atom stereocenters.